The van der Waals surface area contributed by atoms with Crippen LogP contribution in [0, 0.1) is 12.3 Å². The smallest absolute Gasteiger partial charge is 0.00745 e. The van der Waals surface area contributed by atoms with Crippen LogP contribution < -0.4 is 5.73 Å². The van der Waals surface area contributed by atoms with Crippen LogP contribution >= 0.6 is 11.8 Å². The molecule has 0 atom stereocenters. The van der Waals surface area contributed by atoms with Crippen LogP contribution in [0.5, 0.6) is 0 Å². The molecule has 1 fully saturated rings. The summed E-state index contributed by atoms with van der Waals surface area (Å²) in [5, 5.41) is 0. The first-order valence-corrected chi connectivity index (χ1v) is 6.62. The van der Waals surface area contributed by atoms with E-state index in [1.54, 1.807) is 0 Å². The minimum Gasteiger partial charge on any atom is -0.330 e. The van der Waals surface area contributed by atoms with Crippen molar-refractivity contribution in [2.75, 3.05) is 12.3 Å². The first-order valence-electron chi connectivity index (χ1n) is 5.64. The summed E-state index contributed by atoms with van der Waals surface area (Å²) in [5.74, 6) is 1.21. The highest BCUT2D eigenvalue weighted by atomic mass is 32.2. The van der Waals surface area contributed by atoms with E-state index < -0.39 is 0 Å². The maximum atomic E-state index is 5.76. The van der Waals surface area contributed by atoms with Crippen LogP contribution in [0.3, 0.4) is 0 Å². The number of rotatable bonds is 5. The van der Waals surface area contributed by atoms with Gasteiger partial charge in [-0.05, 0) is 56.0 Å². The summed E-state index contributed by atoms with van der Waals surface area (Å²) in [6, 6.07) is 8.73. The van der Waals surface area contributed by atoms with E-state index in [0.717, 1.165) is 6.54 Å². The Morgan fingerprint density at radius 3 is 2.80 bits per heavy atom. The fourth-order valence-corrected chi connectivity index (χ4v) is 3.04. The number of hydrogen-bond acceptors (Lipinski definition) is 2. The van der Waals surface area contributed by atoms with Crippen molar-refractivity contribution in [2.24, 2.45) is 11.1 Å². The Labute approximate surface area is 96.4 Å². The topological polar surface area (TPSA) is 26.0 Å². The maximum Gasteiger partial charge on any atom is 0.00745 e. The third-order valence-electron chi connectivity index (χ3n) is 3.28. The molecule has 2 heteroatoms. The van der Waals surface area contributed by atoms with E-state index in [9.17, 15) is 0 Å². The molecule has 0 saturated heterocycles. The van der Waals surface area contributed by atoms with Crippen LogP contribution in [0.15, 0.2) is 29.2 Å². The van der Waals surface area contributed by atoms with Gasteiger partial charge in [0.2, 0.25) is 0 Å². The SMILES string of the molecule is Cc1cccc(SCCC2(CN)CC2)c1. The second-order valence-electron chi connectivity index (χ2n) is 4.62. The number of benzene rings is 1. The zero-order valence-corrected chi connectivity index (χ0v) is 10.1. The fourth-order valence-electron chi connectivity index (χ4n) is 1.82. The van der Waals surface area contributed by atoms with Gasteiger partial charge in [-0.3, -0.25) is 0 Å². The predicted octanol–water partition coefficient (Wildman–Crippen LogP) is 3.22. The fraction of sp³-hybridized carbons (Fsp3) is 0.538. The first-order chi connectivity index (χ1) is 7.24. The lowest BCUT2D eigenvalue weighted by Gasteiger charge is -2.11. The van der Waals surface area contributed by atoms with Crippen molar-refractivity contribution in [3.05, 3.63) is 29.8 Å². The summed E-state index contributed by atoms with van der Waals surface area (Å²) in [6.07, 6.45) is 3.97. The lowest BCUT2D eigenvalue weighted by molar-refractivity contribution is 0.509. The quantitative estimate of drug-likeness (QED) is 0.773. The van der Waals surface area contributed by atoms with Crippen LogP contribution in [0.2, 0.25) is 0 Å². The summed E-state index contributed by atoms with van der Waals surface area (Å²) >= 11 is 1.96. The van der Waals surface area contributed by atoms with E-state index in [-0.39, 0.29) is 0 Å². The summed E-state index contributed by atoms with van der Waals surface area (Å²) in [7, 11) is 0. The minimum absolute atomic E-state index is 0.525. The van der Waals surface area contributed by atoms with Gasteiger partial charge in [-0.2, -0.15) is 0 Å². The maximum absolute atomic E-state index is 5.76. The molecule has 0 unspecified atom stereocenters. The molecule has 1 aliphatic rings. The van der Waals surface area contributed by atoms with Crippen molar-refractivity contribution in [3.63, 3.8) is 0 Å². The second kappa shape index (κ2) is 4.58. The van der Waals surface area contributed by atoms with Gasteiger partial charge in [-0.1, -0.05) is 17.7 Å². The Hall–Kier alpha value is -0.470. The van der Waals surface area contributed by atoms with Crippen LogP contribution in [0.4, 0.5) is 0 Å². The Balaban J connectivity index is 1.78. The molecule has 15 heavy (non-hydrogen) atoms. The average Bonchev–Trinajstić information content (AvgIpc) is 2.99. The number of thioether (sulfide) groups is 1. The molecule has 0 spiro atoms. The van der Waals surface area contributed by atoms with Gasteiger partial charge in [0.25, 0.3) is 0 Å². The van der Waals surface area contributed by atoms with E-state index in [2.05, 4.69) is 31.2 Å². The van der Waals surface area contributed by atoms with Gasteiger partial charge in [0.05, 0.1) is 0 Å². The van der Waals surface area contributed by atoms with E-state index in [1.807, 2.05) is 11.8 Å². The monoisotopic (exact) mass is 221 g/mol. The second-order valence-corrected chi connectivity index (χ2v) is 5.79. The van der Waals surface area contributed by atoms with Crippen molar-refractivity contribution in [1.82, 2.24) is 0 Å². The number of hydrogen-bond donors (Lipinski definition) is 1. The van der Waals surface area contributed by atoms with Crippen molar-refractivity contribution in [1.29, 1.82) is 0 Å². The van der Waals surface area contributed by atoms with Gasteiger partial charge in [-0.15, -0.1) is 11.8 Å². The van der Waals surface area contributed by atoms with E-state index in [4.69, 9.17) is 5.73 Å². The van der Waals surface area contributed by atoms with Gasteiger partial charge in [0, 0.05) is 4.90 Å². The molecule has 0 aromatic heterocycles. The molecule has 0 aliphatic heterocycles. The van der Waals surface area contributed by atoms with Crippen molar-refractivity contribution >= 4 is 11.8 Å². The zero-order chi connectivity index (χ0) is 10.7. The highest BCUT2D eigenvalue weighted by Gasteiger charge is 2.40. The van der Waals surface area contributed by atoms with Crippen LogP contribution in [-0.2, 0) is 0 Å². The van der Waals surface area contributed by atoms with Crippen LogP contribution in [-0.4, -0.2) is 12.3 Å². The molecule has 1 aliphatic carbocycles. The summed E-state index contributed by atoms with van der Waals surface area (Å²) in [6.45, 7) is 3.02. The third kappa shape index (κ3) is 2.99. The molecule has 1 aromatic carbocycles. The van der Waals surface area contributed by atoms with Gasteiger partial charge in [-0.25, -0.2) is 0 Å². The number of nitrogens with two attached hydrogens (primary N) is 1. The molecule has 0 amide bonds. The molecule has 1 saturated carbocycles. The molecule has 2 N–H and O–H groups in total. The summed E-state index contributed by atoms with van der Waals surface area (Å²) in [5.41, 5.74) is 7.63. The Bertz CT molecular complexity index is 331. The largest absolute Gasteiger partial charge is 0.330 e. The van der Waals surface area contributed by atoms with Gasteiger partial charge < -0.3 is 5.73 Å². The molecule has 0 radical (unpaired) electrons. The highest BCUT2D eigenvalue weighted by molar-refractivity contribution is 7.99. The Morgan fingerprint density at radius 2 is 2.20 bits per heavy atom. The molecule has 82 valence electrons. The summed E-state index contributed by atoms with van der Waals surface area (Å²) < 4.78 is 0. The van der Waals surface area contributed by atoms with Crippen molar-refractivity contribution in [2.45, 2.75) is 31.1 Å². The normalized spacial score (nSPS) is 17.7. The predicted molar refractivity (Wildman–Crippen MR) is 67.2 cm³/mol. The van der Waals surface area contributed by atoms with Crippen molar-refractivity contribution in [3.8, 4) is 0 Å². The van der Waals surface area contributed by atoms with Gasteiger partial charge >= 0.3 is 0 Å². The van der Waals surface area contributed by atoms with E-state index >= 15 is 0 Å². The van der Waals surface area contributed by atoms with Gasteiger partial charge in [0.15, 0.2) is 0 Å². The minimum atomic E-state index is 0.525. The molecule has 0 bridgehead atoms. The molecule has 0 heterocycles. The molecule has 2 rings (SSSR count). The van der Waals surface area contributed by atoms with E-state index in [0.29, 0.717) is 5.41 Å². The summed E-state index contributed by atoms with van der Waals surface area (Å²) in [4.78, 5) is 1.39. The van der Waals surface area contributed by atoms with Crippen LogP contribution in [0.1, 0.15) is 24.8 Å². The molecular formula is C13H19NS. The van der Waals surface area contributed by atoms with Gasteiger partial charge in [0.1, 0.15) is 0 Å². The van der Waals surface area contributed by atoms with Crippen LogP contribution in [0.25, 0.3) is 0 Å². The standard InChI is InChI=1S/C13H19NS/c1-11-3-2-4-12(9-11)15-8-7-13(10-14)5-6-13/h2-4,9H,5-8,10,14H2,1H3. The average molecular weight is 221 g/mol. The Kier molecular flexibility index (Phi) is 3.37. The third-order valence-corrected chi connectivity index (χ3v) is 4.28. The first kappa shape index (κ1) is 11.0. The van der Waals surface area contributed by atoms with E-state index in [1.165, 1.54) is 35.5 Å². The molecule has 1 aromatic rings. The van der Waals surface area contributed by atoms with Crippen molar-refractivity contribution < 1.29 is 0 Å². The zero-order valence-electron chi connectivity index (χ0n) is 9.33. The number of aryl methyl sites for hydroxylation is 1. The molecule has 1 nitrogen and oxygen atoms in total. The lowest BCUT2D eigenvalue weighted by Crippen LogP contribution is -2.15. The highest BCUT2D eigenvalue weighted by Crippen LogP contribution is 2.48. The Morgan fingerprint density at radius 1 is 1.40 bits per heavy atom. The molecular weight excluding hydrogens is 202 g/mol. The lowest BCUT2D eigenvalue weighted by atomic mass is 10.1.